The summed E-state index contributed by atoms with van der Waals surface area (Å²) in [6.45, 7) is 1.04. The normalized spacial score (nSPS) is 15.7. The van der Waals surface area contributed by atoms with Crippen molar-refractivity contribution >= 4 is 10.0 Å². The molecule has 0 spiro atoms. The molecule has 136 valence electrons. The molecule has 1 aromatic carbocycles. The number of ether oxygens (including phenoxy) is 1. The van der Waals surface area contributed by atoms with Gasteiger partial charge in [0.25, 0.3) is 0 Å². The van der Waals surface area contributed by atoms with Gasteiger partial charge in [-0.15, -0.1) is 0 Å². The van der Waals surface area contributed by atoms with Crippen LogP contribution in [0.2, 0.25) is 0 Å². The van der Waals surface area contributed by atoms with Crippen LogP contribution in [0.4, 0.5) is 0 Å². The van der Waals surface area contributed by atoms with Crippen LogP contribution in [0.25, 0.3) is 0 Å². The maximum absolute atomic E-state index is 11.9. The highest BCUT2D eigenvalue weighted by Gasteiger charge is 2.16. The molecule has 0 bridgehead atoms. The van der Waals surface area contributed by atoms with E-state index in [1.165, 1.54) is 12.8 Å². The highest BCUT2D eigenvalue weighted by atomic mass is 32.2. The highest BCUT2D eigenvalue weighted by Crippen LogP contribution is 2.24. The predicted octanol–water partition coefficient (Wildman–Crippen LogP) is 2.60. The molecule has 24 heavy (non-hydrogen) atoms. The van der Waals surface area contributed by atoms with Crippen LogP contribution in [-0.2, 0) is 16.4 Å². The van der Waals surface area contributed by atoms with Crippen molar-refractivity contribution in [3.8, 4) is 5.75 Å². The van der Waals surface area contributed by atoms with Crippen LogP contribution in [0.15, 0.2) is 24.3 Å². The Morgan fingerprint density at radius 3 is 2.71 bits per heavy atom. The molecule has 1 aliphatic rings. The number of hydrogen-bond donors (Lipinski definition) is 2. The minimum Gasteiger partial charge on any atom is -0.490 e. The number of nitrogens with one attached hydrogen (secondary N) is 1. The first-order valence-electron chi connectivity index (χ1n) is 9.02. The Labute approximate surface area is 146 Å². The van der Waals surface area contributed by atoms with Crippen molar-refractivity contribution in [2.45, 2.75) is 57.5 Å². The molecule has 0 aromatic heterocycles. The lowest BCUT2D eigenvalue weighted by Crippen LogP contribution is -2.28. The molecule has 1 saturated carbocycles. The van der Waals surface area contributed by atoms with Gasteiger partial charge in [-0.05, 0) is 69.2 Å². The lowest BCUT2D eigenvalue weighted by molar-refractivity contribution is 0.210. The van der Waals surface area contributed by atoms with Crippen molar-refractivity contribution in [3.05, 3.63) is 29.8 Å². The molecule has 0 unspecified atom stereocenters. The lowest BCUT2D eigenvalue weighted by Gasteiger charge is -2.14. The fourth-order valence-electron chi connectivity index (χ4n) is 3.01. The SMILES string of the molecule is NCCCCCS(=O)(=O)NCCc1cccc(OC2CCCC2)c1. The van der Waals surface area contributed by atoms with Crippen LogP contribution in [0.5, 0.6) is 5.75 Å². The number of benzene rings is 1. The van der Waals surface area contributed by atoms with Gasteiger partial charge in [0, 0.05) is 6.54 Å². The van der Waals surface area contributed by atoms with Gasteiger partial charge in [0.1, 0.15) is 5.75 Å². The van der Waals surface area contributed by atoms with E-state index in [4.69, 9.17) is 10.5 Å². The van der Waals surface area contributed by atoms with E-state index in [2.05, 4.69) is 4.72 Å². The number of rotatable bonds is 11. The summed E-state index contributed by atoms with van der Waals surface area (Å²) in [4.78, 5) is 0. The number of hydrogen-bond acceptors (Lipinski definition) is 4. The molecule has 6 heteroatoms. The van der Waals surface area contributed by atoms with Crippen LogP contribution in [0, 0.1) is 0 Å². The molecule has 0 heterocycles. The Kier molecular flexibility index (Phi) is 8.02. The van der Waals surface area contributed by atoms with Gasteiger partial charge >= 0.3 is 0 Å². The summed E-state index contributed by atoms with van der Waals surface area (Å²) in [6.07, 6.45) is 8.17. The fourth-order valence-corrected chi connectivity index (χ4v) is 4.15. The average Bonchev–Trinajstić information content (AvgIpc) is 3.05. The van der Waals surface area contributed by atoms with Crippen molar-refractivity contribution in [1.29, 1.82) is 0 Å². The molecule has 1 aliphatic carbocycles. The Balaban J connectivity index is 1.73. The lowest BCUT2D eigenvalue weighted by atomic mass is 10.1. The molecule has 1 aromatic rings. The van der Waals surface area contributed by atoms with Crippen LogP contribution < -0.4 is 15.2 Å². The van der Waals surface area contributed by atoms with E-state index < -0.39 is 10.0 Å². The first-order valence-corrected chi connectivity index (χ1v) is 10.7. The molecule has 0 radical (unpaired) electrons. The second-order valence-corrected chi connectivity index (χ2v) is 8.41. The summed E-state index contributed by atoms with van der Waals surface area (Å²) in [7, 11) is -3.18. The minimum atomic E-state index is -3.18. The van der Waals surface area contributed by atoms with Crippen molar-refractivity contribution < 1.29 is 13.2 Å². The molecule has 0 amide bonds. The largest absolute Gasteiger partial charge is 0.490 e. The van der Waals surface area contributed by atoms with Crippen LogP contribution in [0.3, 0.4) is 0 Å². The summed E-state index contributed by atoms with van der Waals surface area (Å²) in [5.41, 5.74) is 6.50. The smallest absolute Gasteiger partial charge is 0.211 e. The van der Waals surface area contributed by atoms with Crippen LogP contribution >= 0.6 is 0 Å². The van der Waals surface area contributed by atoms with Crippen LogP contribution in [0.1, 0.15) is 50.5 Å². The topological polar surface area (TPSA) is 81.4 Å². The second-order valence-electron chi connectivity index (χ2n) is 6.48. The number of unbranched alkanes of at least 4 members (excludes halogenated alkanes) is 2. The minimum absolute atomic E-state index is 0.178. The molecule has 5 nitrogen and oxygen atoms in total. The Bertz CT molecular complexity index is 584. The summed E-state index contributed by atoms with van der Waals surface area (Å²) >= 11 is 0. The van der Waals surface area contributed by atoms with E-state index in [0.717, 1.165) is 37.0 Å². The predicted molar refractivity (Wildman–Crippen MR) is 97.7 cm³/mol. The third-order valence-corrected chi connectivity index (χ3v) is 5.83. The van der Waals surface area contributed by atoms with Gasteiger partial charge in [-0.2, -0.15) is 0 Å². The van der Waals surface area contributed by atoms with Crippen molar-refractivity contribution in [3.63, 3.8) is 0 Å². The Hall–Kier alpha value is -1.11. The van der Waals surface area contributed by atoms with E-state index in [-0.39, 0.29) is 5.75 Å². The molecule has 0 atom stereocenters. The average molecular weight is 355 g/mol. The quantitative estimate of drug-likeness (QED) is 0.599. The van der Waals surface area contributed by atoms with E-state index in [0.29, 0.717) is 32.0 Å². The highest BCUT2D eigenvalue weighted by molar-refractivity contribution is 7.89. The molecular weight excluding hydrogens is 324 g/mol. The Morgan fingerprint density at radius 1 is 1.17 bits per heavy atom. The molecule has 3 N–H and O–H groups in total. The van der Waals surface area contributed by atoms with Crippen molar-refractivity contribution in [2.24, 2.45) is 5.73 Å². The van der Waals surface area contributed by atoms with E-state index in [1.807, 2.05) is 24.3 Å². The van der Waals surface area contributed by atoms with Crippen molar-refractivity contribution in [2.75, 3.05) is 18.8 Å². The summed E-state index contributed by atoms with van der Waals surface area (Å²) in [5, 5.41) is 0. The summed E-state index contributed by atoms with van der Waals surface area (Å²) < 4.78 is 32.5. The number of sulfonamides is 1. The summed E-state index contributed by atoms with van der Waals surface area (Å²) in [5.74, 6) is 1.07. The van der Waals surface area contributed by atoms with Gasteiger partial charge in [0.2, 0.25) is 10.0 Å². The van der Waals surface area contributed by atoms with Gasteiger partial charge < -0.3 is 10.5 Å². The summed E-state index contributed by atoms with van der Waals surface area (Å²) in [6, 6.07) is 7.98. The first-order chi connectivity index (χ1) is 11.6. The van der Waals surface area contributed by atoms with Gasteiger partial charge in [0.15, 0.2) is 0 Å². The van der Waals surface area contributed by atoms with Crippen molar-refractivity contribution in [1.82, 2.24) is 4.72 Å². The zero-order chi connectivity index (χ0) is 17.3. The monoisotopic (exact) mass is 354 g/mol. The van der Waals surface area contributed by atoms with Gasteiger partial charge in [-0.25, -0.2) is 13.1 Å². The standard InChI is InChI=1S/C18H30N2O3S/c19-12-4-1-5-14-24(21,22)20-13-11-16-7-6-10-18(15-16)23-17-8-2-3-9-17/h6-7,10,15,17,20H,1-5,8-9,11-14,19H2. The van der Waals surface area contributed by atoms with Gasteiger partial charge in [0.05, 0.1) is 11.9 Å². The maximum atomic E-state index is 11.9. The number of nitrogens with two attached hydrogens (primary N) is 1. The van der Waals surface area contributed by atoms with Crippen LogP contribution in [-0.4, -0.2) is 33.4 Å². The van der Waals surface area contributed by atoms with Gasteiger partial charge in [-0.3, -0.25) is 0 Å². The molecule has 1 fully saturated rings. The molecular formula is C18H30N2O3S. The fraction of sp³-hybridized carbons (Fsp3) is 0.667. The third kappa shape index (κ3) is 7.20. The third-order valence-electron chi connectivity index (χ3n) is 4.36. The molecule has 0 saturated heterocycles. The van der Waals surface area contributed by atoms with Gasteiger partial charge in [-0.1, -0.05) is 18.6 Å². The zero-order valence-corrected chi connectivity index (χ0v) is 15.2. The zero-order valence-electron chi connectivity index (χ0n) is 14.4. The maximum Gasteiger partial charge on any atom is 0.211 e. The van der Waals surface area contributed by atoms with E-state index in [1.54, 1.807) is 0 Å². The van der Waals surface area contributed by atoms with E-state index in [9.17, 15) is 8.42 Å². The first kappa shape index (κ1) is 19.2. The Morgan fingerprint density at radius 2 is 1.96 bits per heavy atom. The van der Waals surface area contributed by atoms with E-state index >= 15 is 0 Å². The molecule has 2 rings (SSSR count). The molecule has 0 aliphatic heterocycles. The second kappa shape index (κ2) is 10.0.